The topological polar surface area (TPSA) is 55.4 Å². The summed E-state index contributed by atoms with van der Waals surface area (Å²) in [5.74, 6) is 0.389. The summed E-state index contributed by atoms with van der Waals surface area (Å²) in [7, 11) is -1.29. The van der Waals surface area contributed by atoms with E-state index in [2.05, 4.69) is 5.32 Å². The maximum atomic E-state index is 11.5. The van der Waals surface area contributed by atoms with Gasteiger partial charge in [-0.3, -0.25) is 0 Å². The summed E-state index contributed by atoms with van der Waals surface area (Å²) in [6, 6.07) is 0. The van der Waals surface area contributed by atoms with Gasteiger partial charge in [-0.1, -0.05) is 0 Å². The molecule has 2 heterocycles. The molecule has 2 fully saturated rings. The third kappa shape index (κ3) is 1.08. The number of hydrogen-bond donors (Lipinski definition) is 1. The first kappa shape index (κ1) is 8.47. The normalized spacial score (nSPS) is 44.6. The Morgan fingerprint density at radius 1 is 1.42 bits per heavy atom. The molecule has 0 aromatic heterocycles. The number of rotatable bonds is 1. The largest absolute Gasteiger partial charge is 0.380 e. The molecule has 0 amide bonds. The summed E-state index contributed by atoms with van der Waals surface area (Å²) in [5.41, 5.74) is 0. The van der Waals surface area contributed by atoms with Crippen molar-refractivity contribution < 1.29 is 13.2 Å². The molecular weight excluding hydrogens is 178 g/mol. The summed E-state index contributed by atoms with van der Waals surface area (Å²) in [6.45, 7) is 1.38. The van der Waals surface area contributed by atoms with Gasteiger partial charge in [-0.2, -0.15) is 0 Å². The maximum Gasteiger partial charge on any atom is 0.157 e. The van der Waals surface area contributed by atoms with E-state index in [1.807, 2.05) is 0 Å². The van der Waals surface area contributed by atoms with Gasteiger partial charge in [0.15, 0.2) is 9.84 Å². The maximum absolute atomic E-state index is 11.5. The molecule has 2 saturated heterocycles. The van der Waals surface area contributed by atoms with E-state index in [1.54, 1.807) is 7.11 Å². The Balaban J connectivity index is 2.28. The summed E-state index contributed by atoms with van der Waals surface area (Å²) < 4.78 is 28.1. The van der Waals surface area contributed by atoms with E-state index in [0.29, 0.717) is 6.54 Å². The van der Waals surface area contributed by atoms with Gasteiger partial charge < -0.3 is 10.1 Å². The number of nitrogens with one attached hydrogen (secondary N) is 1. The molecule has 0 aromatic carbocycles. The number of fused-ring (bicyclic) bond motifs is 1. The molecule has 0 spiro atoms. The molecule has 0 bridgehead atoms. The average molecular weight is 191 g/mol. The zero-order valence-electron chi connectivity index (χ0n) is 6.99. The molecule has 3 unspecified atom stereocenters. The minimum Gasteiger partial charge on any atom is -0.380 e. The zero-order valence-corrected chi connectivity index (χ0v) is 7.80. The lowest BCUT2D eigenvalue weighted by Crippen LogP contribution is -2.25. The fourth-order valence-electron chi connectivity index (χ4n) is 2.16. The molecule has 2 rings (SSSR count). The Labute approximate surface area is 72.2 Å². The summed E-state index contributed by atoms with van der Waals surface area (Å²) in [5, 5.41) is 2.89. The lowest BCUT2D eigenvalue weighted by Gasteiger charge is -2.12. The van der Waals surface area contributed by atoms with Crippen molar-refractivity contribution in [2.75, 3.05) is 26.0 Å². The lowest BCUT2D eigenvalue weighted by molar-refractivity contribution is 0.0863. The van der Waals surface area contributed by atoms with Crippen LogP contribution < -0.4 is 5.32 Å². The second-order valence-corrected chi connectivity index (χ2v) is 5.73. The van der Waals surface area contributed by atoms with E-state index in [0.717, 1.165) is 6.54 Å². The van der Waals surface area contributed by atoms with Gasteiger partial charge in [0.05, 0.1) is 17.1 Å². The van der Waals surface area contributed by atoms with Crippen LogP contribution in [0.25, 0.3) is 0 Å². The highest BCUT2D eigenvalue weighted by molar-refractivity contribution is 7.92. The molecule has 4 nitrogen and oxygen atoms in total. The summed E-state index contributed by atoms with van der Waals surface area (Å²) in [6.07, 6.45) is -0.0880. The van der Waals surface area contributed by atoms with Gasteiger partial charge in [-0.05, 0) is 0 Å². The first-order valence-electron chi connectivity index (χ1n) is 4.10. The van der Waals surface area contributed by atoms with Crippen molar-refractivity contribution in [1.82, 2.24) is 5.32 Å². The Morgan fingerprint density at radius 3 is 2.83 bits per heavy atom. The van der Waals surface area contributed by atoms with E-state index >= 15 is 0 Å². The van der Waals surface area contributed by atoms with Gasteiger partial charge in [0, 0.05) is 26.1 Å². The van der Waals surface area contributed by atoms with Gasteiger partial charge in [-0.25, -0.2) is 8.42 Å². The van der Waals surface area contributed by atoms with Crippen molar-refractivity contribution in [1.29, 1.82) is 0 Å². The minimum absolute atomic E-state index is 0.0880. The number of sulfone groups is 1. The Kier molecular flexibility index (Phi) is 1.89. The first-order valence-corrected chi connectivity index (χ1v) is 5.82. The van der Waals surface area contributed by atoms with Crippen LogP contribution in [0.1, 0.15) is 0 Å². The van der Waals surface area contributed by atoms with Gasteiger partial charge in [0.2, 0.25) is 0 Å². The zero-order chi connectivity index (χ0) is 8.77. The highest BCUT2D eigenvalue weighted by Gasteiger charge is 2.49. The van der Waals surface area contributed by atoms with Crippen molar-refractivity contribution in [3.63, 3.8) is 0 Å². The monoisotopic (exact) mass is 191 g/mol. The second-order valence-electron chi connectivity index (χ2n) is 3.46. The van der Waals surface area contributed by atoms with Crippen LogP contribution in [-0.4, -0.2) is 45.7 Å². The third-order valence-electron chi connectivity index (χ3n) is 2.84. The summed E-state index contributed by atoms with van der Waals surface area (Å²) >= 11 is 0. The van der Waals surface area contributed by atoms with Crippen LogP contribution in [0.2, 0.25) is 0 Å². The smallest absolute Gasteiger partial charge is 0.157 e. The molecule has 0 aromatic rings. The van der Waals surface area contributed by atoms with Crippen LogP contribution in [0.4, 0.5) is 0 Å². The van der Waals surface area contributed by atoms with Gasteiger partial charge in [-0.15, -0.1) is 0 Å². The molecule has 0 aliphatic carbocycles. The highest BCUT2D eigenvalue weighted by Crippen LogP contribution is 2.31. The van der Waals surface area contributed by atoms with Crippen LogP contribution >= 0.6 is 0 Å². The molecule has 1 N–H and O–H groups in total. The molecule has 70 valence electrons. The number of hydrogen-bond acceptors (Lipinski definition) is 4. The molecule has 2 aliphatic rings. The van der Waals surface area contributed by atoms with Gasteiger partial charge in [0.1, 0.15) is 0 Å². The fraction of sp³-hybridized carbons (Fsp3) is 1.00. The van der Waals surface area contributed by atoms with Crippen molar-refractivity contribution >= 4 is 9.84 Å². The van der Waals surface area contributed by atoms with E-state index in [4.69, 9.17) is 4.74 Å². The van der Waals surface area contributed by atoms with Crippen LogP contribution in [0.15, 0.2) is 0 Å². The van der Waals surface area contributed by atoms with E-state index < -0.39 is 9.84 Å². The molecule has 5 heteroatoms. The van der Waals surface area contributed by atoms with Crippen LogP contribution in [0.3, 0.4) is 0 Å². The Bertz CT molecular complexity index is 274. The fourth-order valence-corrected chi connectivity index (χ4v) is 4.42. The van der Waals surface area contributed by atoms with Crippen molar-refractivity contribution in [2.24, 2.45) is 5.92 Å². The molecule has 2 aliphatic heterocycles. The predicted molar refractivity (Wildman–Crippen MR) is 44.7 cm³/mol. The predicted octanol–water partition coefficient (Wildman–Crippen LogP) is -0.982. The molecule has 3 atom stereocenters. The van der Waals surface area contributed by atoms with Crippen molar-refractivity contribution in [2.45, 2.75) is 11.4 Å². The third-order valence-corrected chi connectivity index (χ3v) is 5.07. The molecule has 12 heavy (non-hydrogen) atoms. The molecular formula is C7H13NO3S. The second kappa shape index (κ2) is 2.68. The van der Waals surface area contributed by atoms with E-state index in [1.165, 1.54) is 0 Å². The summed E-state index contributed by atoms with van der Waals surface area (Å²) in [4.78, 5) is 0. The number of ether oxygens (including phenoxy) is 1. The van der Waals surface area contributed by atoms with E-state index in [9.17, 15) is 8.42 Å². The van der Waals surface area contributed by atoms with E-state index in [-0.39, 0.29) is 23.0 Å². The lowest BCUT2D eigenvalue weighted by atomic mass is 10.0. The van der Waals surface area contributed by atoms with Crippen molar-refractivity contribution in [3.05, 3.63) is 0 Å². The van der Waals surface area contributed by atoms with Crippen LogP contribution in [0, 0.1) is 5.92 Å². The SMILES string of the molecule is COC1CS(=O)(=O)C2CNCC12. The van der Waals surface area contributed by atoms with Gasteiger partial charge in [0.25, 0.3) is 0 Å². The Hall–Kier alpha value is -0.130. The quantitative estimate of drug-likeness (QED) is 0.578. The van der Waals surface area contributed by atoms with Crippen molar-refractivity contribution in [3.8, 4) is 0 Å². The minimum atomic E-state index is -2.87. The van der Waals surface area contributed by atoms with Crippen LogP contribution in [-0.2, 0) is 14.6 Å². The molecule has 0 radical (unpaired) electrons. The van der Waals surface area contributed by atoms with Gasteiger partial charge >= 0.3 is 0 Å². The molecule has 0 saturated carbocycles. The Morgan fingerprint density at radius 2 is 2.17 bits per heavy atom. The standard InChI is InChI=1S/C7H13NO3S/c1-11-6-4-12(9,10)7-3-8-2-5(6)7/h5-8H,2-4H2,1H3. The first-order chi connectivity index (χ1) is 5.65. The highest BCUT2D eigenvalue weighted by atomic mass is 32.2. The average Bonchev–Trinajstić information content (AvgIpc) is 2.54. The van der Waals surface area contributed by atoms with Crippen LogP contribution in [0.5, 0.6) is 0 Å². The number of methoxy groups -OCH3 is 1.